The average molecular weight is 340 g/mol. The number of benzene rings is 1. The van der Waals surface area contributed by atoms with Crippen LogP contribution in [0.25, 0.3) is 0 Å². The normalized spacial score (nSPS) is 10.3. The van der Waals surface area contributed by atoms with E-state index in [1.54, 1.807) is 31.5 Å². The number of amides is 1. The predicted octanol–water partition coefficient (Wildman–Crippen LogP) is 0.00370. The first kappa shape index (κ1) is 18.7. The van der Waals surface area contributed by atoms with Crippen LogP contribution in [0, 0.1) is 0 Å². The van der Waals surface area contributed by atoms with Crippen molar-refractivity contribution < 1.29 is 19.0 Å². The highest BCUT2D eigenvalue weighted by molar-refractivity contribution is 7.80. The number of methoxy groups -OCH3 is 2. The Labute approximate surface area is 140 Å². The number of carbonyl (C=O) groups excluding carboxylic acids is 1. The third kappa shape index (κ3) is 7.43. The zero-order valence-corrected chi connectivity index (χ0v) is 13.8. The minimum atomic E-state index is -0.559. The van der Waals surface area contributed by atoms with Crippen LogP contribution in [-0.2, 0) is 9.53 Å². The molecule has 0 aliphatic carbocycles. The summed E-state index contributed by atoms with van der Waals surface area (Å²) in [7, 11) is 3.11. The minimum absolute atomic E-state index is 0.216. The summed E-state index contributed by atoms with van der Waals surface area (Å²) in [6.07, 6.45) is 1.57. The highest BCUT2D eigenvalue weighted by atomic mass is 32.1. The largest absolute Gasteiger partial charge is 0.493 e. The van der Waals surface area contributed by atoms with Gasteiger partial charge in [-0.3, -0.25) is 10.2 Å². The first-order valence-corrected chi connectivity index (χ1v) is 7.12. The molecule has 1 aromatic rings. The number of rotatable bonds is 9. The molecule has 0 aromatic heterocycles. The Kier molecular flexibility index (Phi) is 8.40. The predicted molar refractivity (Wildman–Crippen MR) is 90.9 cm³/mol. The Bertz CT molecular complexity index is 566. The van der Waals surface area contributed by atoms with E-state index in [0.717, 1.165) is 5.56 Å². The highest BCUT2D eigenvalue weighted by Gasteiger charge is 2.06. The monoisotopic (exact) mass is 340 g/mol. The number of nitrogens with two attached hydrogens (primary N) is 1. The van der Waals surface area contributed by atoms with Crippen LogP contribution in [0.3, 0.4) is 0 Å². The second kappa shape index (κ2) is 10.4. The van der Waals surface area contributed by atoms with Crippen molar-refractivity contribution in [1.82, 2.24) is 10.7 Å². The maximum Gasteiger partial charge on any atom is 0.255 e. The number of hydrazone groups is 1. The molecule has 0 aliphatic heterocycles. The van der Waals surface area contributed by atoms with E-state index in [4.69, 9.17) is 32.2 Å². The molecule has 8 nitrogen and oxygen atoms in total. The highest BCUT2D eigenvalue weighted by Crippen LogP contribution is 2.27. The van der Waals surface area contributed by atoms with Crippen molar-refractivity contribution in [3.63, 3.8) is 0 Å². The number of primary amides is 1. The van der Waals surface area contributed by atoms with Gasteiger partial charge in [0.25, 0.3) is 5.91 Å². The van der Waals surface area contributed by atoms with Gasteiger partial charge in [-0.05, 0) is 36.0 Å². The van der Waals surface area contributed by atoms with E-state index in [-0.39, 0.29) is 6.61 Å². The maximum atomic E-state index is 10.7. The van der Waals surface area contributed by atoms with Crippen LogP contribution < -0.4 is 25.9 Å². The van der Waals surface area contributed by atoms with Crippen LogP contribution >= 0.6 is 12.2 Å². The standard InChI is InChI=1S/C14H20N4O4S/c1-20-6-5-16-14(23)18-17-8-10-3-4-11(12(7-10)21-2)22-9-13(15)19/h3-4,7-8H,5-6,9H2,1-2H3,(H2,15,19)(H2,16,18,23)/b17-8-. The molecule has 9 heteroatoms. The summed E-state index contributed by atoms with van der Waals surface area (Å²) >= 11 is 5.03. The van der Waals surface area contributed by atoms with E-state index in [0.29, 0.717) is 29.8 Å². The SMILES string of the molecule is COCCNC(=S)N/N=C\c1ccc(OCC(N)=O)c(OC)c1. The molecule has 0 unspecified atom stereocenters. The molecule has 0 saturated carbocycles. The lowest BCUT2D eigenvalue weighted by Crippen LogP contribution is -2.34. The molecular formula is C14H20N4O4S. The van der Waals surface area contributed by atoms with Gasteiger partial charge in [-0.1, -0.05) is 0 Å². The van der Waals surface area contributed by atoms with E-state index in [1.165, 1.54) is 7.11 Å². The lowest BCUT2D eigenvalue weighted by atomic mass is 10.2. The Morgan fingerprint density at radius 3 is 2.83 bits per heavy atom. The fourth-order valence-electron chi connectivity index (χ4n) is 1.50. The van der Waals surface area contributed by atoms with E-state index >= 15 is 0 Å². The second-order valence-corrected chi connectivity index (χ2v) is 4.69. The molecule has 0 spiro atoms. The lowest BCUT2D eigenvalue weighted by molar-refractivity contribution is -0.119. The molecule has 1 amide bonds. The fraction of sp³-hybridized carbons (Fsp3) is 0.357. The third-order valence-corrected chi connectivity index (χ3v) is 2.76. The van der Waals surface area contributed by atoms with Crippen molar-refractivity contribution in [2.45, 2.75) is 0 Å². The molecule has 4 N–H and O–H groups in total. The smallest absolute Gasteiger partial charge is 0.255 e. The molecule has 0 saturated heterocycles. The number of ether oxygens (including phenoxy) is 3. The first-order chi connectivity index (χ1) is 11.1. The Hall–Kier alpha value is -2.39. The van der Waals surface area contributed by atoms with Gasteiger partial charge in [-0.25, -0.2) is 0 Å². The van der Waals surface area contributed by atoms with Crippen molar-refractivity contribution in [2.75, 3.05) is 34.0 Å². The molecule has 1 aromatic carbocycles. The van der Waals surface area contributed by atoms with Crippen LogP contribution in [0.4, 0.5) is 0 Å². The van der Waals surface area contributed by atoms with Gasteiger partial charge >= 0.3 is 0 Å². The van der Waals surface area contributed by atoms with E-state index in [1.807, 2.05) is 0 Å². The summed E-state index contributed by atoms with van der Waals surface area (Å²) in [5.41, 5.74) is 8.49. The summed E-state index contributed by atoms with van der Waals surface area (Å²) in [5.74, 6) is 0.334. The quantitative estimate of drug-likeness (QED) is 0.251. The van der Waals surface area contributed by atoms with E-state index in [2.05, 4.69) is 15.8 Å². The molecular weight excluding hydrogens is 320 g/mol. The summed E-state index contributed by atoms with van der Waals surface area (Å²) < 4.78 is 15.3. The van der Waals surface area contributed by atoms with Crippen molar-refractivity contribution in [1.29, 1.82) is 0 Å². The zero-order valence-electron chi connectivity index (χ0n) is 13.0. The summed E-state index contributed by atoms with van der Waals surface area (Å²) in [5, 5.41) is 7.33. The Balaban J connectivity index is 2.58. The maximum absolute atomic E-state index is 10.7. The Morgan fingerprint density at radius 1 is 1.39 bits per heavy atom. The number of nitrogens with one attached hydrogen (secondary N) is 2. The van der Waals surface area contributed by atoms with Crippen molar-refractivity contribution >= 4 is 29.5 Å². The fourth-order valence-corrected chi connectivity index (χ4v) is 1.66. The van der Waals surface area contributed by atoms with Gasteiger partial charge in [0, 0.05) is 13.7 Å². The molecule has 0 bridgehead atoms. The van der Waals surface area contributed by atoms with Gasteiger partial charge in [0.15, 0.2) is 23.2 Å². The first-order valence-electron chi connectivity index (χ1n) is 6.71. The Morgan fingerprint density at radius 2 is 2.17 bits per heavy atom. The molecule has 23 heavy (non-hydrogen) atoms. The average Bonchev–Trinajstić information content (AvgIpc) is 2.53. The van der Waals surface area contributed by atoms with Crippen molar-refractivity contribution in [3.05, 3.63) is 23.8 Å². The molecule has 1 rings (SSSR count). The number of hydrogen-bond donors (Lipinski definition) is 3. The van der Waals surface area contributed by atoms with Crippen LogP contribution in [-0.4, -0.2) is 51.2 Å². The van der Waals surface area contributed by atoms with Crippen LogP contribution in [0.5, 0.6) is 11.5 Å². The van der Waals surface area contributed by atoms with Gasteiger partial charge in [-0.15, -0.1) is 0 Å². The van der Waals surface area contributed by atoms with Gasteiger partial charge in [-0.2, -0.15) is 5.10 Å². The summed E-state index contributed by atoms with van der Waals surface area (Å²) in [6.45, 7) is 0.930. The van der Waals surface area contributed by atoms with Gasteiger partial charge < -0.3 is 25.3 Å². The van der Waals surface area contributed by atoms with Crippen molar-refractivity contribution in [2.24, 2.45) is 10.8 Å². The summed E-state index contributed by atoms with van der Waals surface area (Å²) in [4.78, 5) is 10.7. The van der Waals surface area contributed by atoms with Crippen LogP contribution in [0.15, 0.2) is 23.3 Å². The molecule has 0 aliphatic rings. The second-order valence-electron chi connectivity index (χ2n) is 4.28. The van der Waals surface area contributed by atoms with Gasteiger partial charge in [0.05, 0.1) is 19.9 Å². The van der Waals surface area contributed by atoms with Gasteiger partial charge in [0.1, 0.15) is 0 Å². The number of carbonyl (C=O) groups is 1. The zero-order chi connectivity index (χ0) is 17.1. The molecule has 0 radical (unpaired) electrons. The van der Waals surface area contributed by atoms with Crippen LogP contribution in [0.1, 0.15) is 5.56 Å². The molecule has 126 valence electrons. The van der Waals surface area contributed by atoms with E-state index in [9.17, 15) is 4.79 Å². The van der Waals surface area contributed by atoms with Gasteiger partial charge in [0.2, 0.25) is 0 Å². The number of thiocarbonyl (C=S) groups is 1. The summed E-state index contributed by atoms with van der Waals surface area (Å²) in [6, 6.07) is 5.13. The molecule has 0 atom stereocenters. The van der Waals surface area contributed by atoms with Crippen molar-refractivity contribution in [3.8, 4) is 11.5 Å². The molecule has 0 heterocycles. The van der Waals surface area contributed by atoms with Crippen LogP contribution in [0.2, 0.25) is 0 Å². The lowest BCUT2D eigenvalue weighted by Gasteiger charge is -2.10. The third-order valence-electron chi connectivity index (χ3n) is 2.53. The molecule has 0 fully saturated rings. The topological polar surface area (TPSA) is 107 Å². The number of nitrogens with zero attached hydrogens (tertiary/aromatic N) is 1. The van der Waals surface area contributed by atoms with E-state index < -0.39 is 5.91 Å². The minimum Gasteiger partial charge on any atom is -0.493 e. The number of hydrogen-bond acceptors (Lipinski definition) is 6.